The zero-order valence-electron chi connectivity index (χ0n) is 17.9. The van der Waals surface area contributed by atoms with Crippen molar-refractivity contribution in [3.63, 3.8) is 0 Å². The van der Waals surface area contributed by atoms with Gasteiger partial charge in [0.15, 0.2) is 0 Å². The summed E-state index contributed by atoms with van der Waals surface area (Å²) in [4.78, 5) is 20.1. The summed E-state index contributed by atoms with van der Waals surface area (Å²) in [7, 11) is 2.03. The van der Waals surface area contributed by atoms with E-state index < -0.39 is 15.7 Å². The van der Waals surface area contributed by atoms with E-state index in [1.165, 1.54) is 0 Å². The molecule has 2 atom stereocenters. The second-order valence-corrected chi connectivity index (χ2v) is 10.2. The Morgan fingerprint density at radius 2 is 1.93 bits per heavy atom. The van der Waals surface area contributed by atoms with Crippen LogP contribution < -0.4 is 19.9 Å². The van der Waals surface area contributed by atoms with E-state index in [1.807, 2.05) is 33.8 Å². The minimum absolute atomic E-state index is 0.138. The molecule has 0 bridgehead atoms. The Balaban J connectivity index is 2.16. The van der Waals surface area contributed by atoms with Gasteiger partial charge in [0.05, 0.1) is 47.0 Å². The first-order chi connectivity index (χ1) is 13.6. The first-order valence-corrected chi connectivity index (χ1v) is 10.9. The predicted octanol–water partition coefficient (Wildman–Crippen LogP) is 1.89. The van der Waals surface area contributed by atoms with Crippen LogP contribution in [0.2, 0.25) is 0 Å². The Hall–Kier alpha value is -1.97. The summed E-state index contributed by atoms with van der Waals surface area (Å²) < 4.78 is 27.8. The Kier molecular flexibility index (Phi) is 6.30. The van der Waals surface area contributed by atoms with Crippen molar-refractivity contribution in [3.05, 3.63) is 28.0 Å². The van der Waals surface area contributed by atoms with Gasteiger partial charge in [-0.25, -0.2) is 13.9 Å². The number of hydrogen-bond donors (Lipinski definition) is 1. The quantitative estimate of drug-likeness (QED) is 0.792. The summed E-state index contributed by atoms with van der Waals surface area (Å²) in [6.07, 6.45) is 0. The van der Waals surface area contributed by atoms with E-state index in [1.54, 1.807) is 24.8 Å². The van der Waals surface area contributed by atoms with Crippen LogP contribution in [0.4, 0.5) is 5.95 Å². The van der Waals surface area contributed by atoms with Crippen molar-refractivity contribution in [3.8, 4) is 5.75 Å². The van der Waals surface area contributed by atoms with E-state index in [2.05, 4.69) is 9.62 Å². The van der Waals surface area contributed by atoms with Gasteiger partial charge in [-0.1, -0.05) is 0 Å². The van der Waals surface area contributed by atoms with Gasteiger partial charge < -0.3 is 14.4 Å². The van der Waals surface area contributed by atoms with Crippen LogP contribution in [0.15, 0.2) is 16.9 Å². The third-order valence-corrected chi connectivity index (χ3v) is 6.68. The fourth-order valence-electron chi connectivity index (χ4n) is 3.26. The number of hydrogen-bond acceptors (Lipinski definition) is 6. The van der Waals surface area contributed by atoms with Crippen LogP contribution >= 0.6 is 0 Å². The molecule has 2 aromatic rings. The molecule has 0 unspecified atom stereocenters. The second kappa shape index (κ2) is 8.41. The van der Waals surface area contributed by atoms with Crippen molar-refractivity contribution < 1.29 is 13.7 Å². The molecule has 1 aromatic carbocycles. The maximum absolute atomic E-state index is 13.1. The first-order valence-electron chi connectivity index (χ1n) is 9.73. The topological polar surface area (TPSA) is 85.7 Å². The molecule has 0 saturated carbocycles. The molecule has 0 radical (unpaired) electrons. The molecule has 29 heavy (non-hydrogen) atoms. The summed E-state index contributed by atoms with van der Waals surface area (Å²) in [6, 6.07) is 3.28. The van der Waals surface area contributed by atoms with Gasteiger partial charge >= 0.3 is 0 Å². The Labute approximate surface area is 173 Å². The first kappa shape index (κ1) is 21.7. The number of ether oxygens (including phenoxy) is 2. The molecule has 3 rings (SSSR count). The summed E-state index contributed by atoms with van der Waals surface area (Å²) >= 11 is 0. The third-order valence-electron chi connectivity index (χ3n) is 5.00. The average Bonchev–Trinajstić information content (AvgIpc) is 2.69. The van der Waals surface area contributed by atoms with Crippen molar-refractivity contribution in [2.45, 2.75) is 38.5 Å². The van der Waals surface area contributed by atoms with Crippen LogP contribution in [0.3, 0.4) is 0 Å². The Bertz CT molecular complexity index is 977. The summed E-state index contributed by atoms with van der Waals surface area (Å²) in [5, 5.41) is 0.481. The number of methoxy groups -OCH3 is 1. The average molecular weight is 423 g/mol. The van der Waals surface area contributed by atoms with Gasteiger partial charge in [-0.3, -0.25) is 9.36 Å². The molecule has 1 aliphatic heterocycles. The fraction of sp³-hybridized carbons (Fsp3) is 0.600. The molecular weight excluding hydrogens is 392 g/mol. The fourth-order valence-corrected chi connectivity index (χ4v) is 4.06. The lowest BCUT2D eigenvalue weighted by molar-refractivity contribution is 0.121. The molecule has 2 heterocycles. The molecule has 1 saturated heterocycles. The maximum atomic E-state index is 13.1. The van der Waals surface area contributed by atoms with E-state index in [0.29, 0.717) is 48.9 Å². The molecule has 160 valence electrons. The van der Waals surface area contributed by atoms with Gasteiger partial charge in [-0.05, 0) is 45.4 Å². The maximum Gasteiger partial charge on any atom is 0.262 e. The number of fused-ring (bicyclic) bond motifs is 1. The van der Waals surface area contributed by atoms with Gasteiger partial charge in [0.1, 0.15) is 5.75 Å². The van der Waals surface area contributed by atoms with Crippen LogP contribution in [0.25, 0.3) is 10.9 Å². The van der Waals surface area contributed by atoms with Crippen LogP contribution in [-0.4, -0.2) is 51.9 Å². The van der Waals surface area contributed by atoms with Gasteiger partial charge in [0.2, 0.25) is 5.95 Å². The number of morpholine rings is 1. The largest absolute Gasteiger partial charge is 0.497 e. The molecule has 9 heteroatoms. The zero-order valence-corrected chi connectivity index (χ0v) is 18.8. The zero-order chi connectivity index (χ0) is 21.3. The lowest BCUT2D eigenvalue weighted by atomic mass is 10.0. The SMILES string of the molecule is COc1cc([C@@H](C)N[S@](=O)C(C)(C)C)c2nc(N3CCOCC3)n(C)c(=O)c2c1. The molecule has 0 amide bonds. The molecule has 0 spiro atoms. The molecular formula is C20H30N4O4S. The van der Waals surface area contributed by atoms with E-state index >= 15 is 0 Å². The number of benzene rings is 1. The van der Waals surface area contributed by atoms with Crippen molar-refractivity contribution >= 4 is 27.8 Å². The number of aromatic nitrogens is 2. The highest BCUT2D eigenvalue weighted by Crippen LogP contribution is 2.29. The normalized spacial score (nSPS) is 17.4. The molecule has 1 aliphatic rings. The van der Waals surface area contributed by atoms with Crippen LogP contribution in [-0.2, 0) is 22.8 Å². The lowest BCUT2D eigenvalue weighted by Crippen LogP contribution is -2.40. The van der Waals surface area contributed by atoms with Gasteiger partial charge in [-0.2, -0.15) is 0 Å². The van der Waals surface area contributed by atoms with E-state index in [9.17, 15) is 9.00 Å². The summed E-state index contributed by atoms with van der Waals surface area (Å²) in [6.45, 7) is 10.2. The van der Waals surface area contributed by atoms with Gasteiger partial charge in [-0.15, -0.1) is 0 Å². The summed E-state index contributed by atoms with van der Waals surface area (Å²) in [5.74, 6) is 1.18. The second-order valence-electron chi connectivity index (χ2n) is 8.21. The minimum Gasteiger partial charge on any atom is -0.497 e. The van der Waals surface area contributed by atoms with E-state index in [4.69, 9.17) is 14.5 Å². The van der Waals surface area contributed by atoms with E-state index in [0.717, 1.165) is 5.56 Å². The van der Waals surface area contributed by atoms with Crippen molar-refractivity contribution in [1.29, 1.82) is 0 Å². The molecule has 1 fully saturated rings. The number of nitrogens with one attached hydrogen (secondary N) is 1. The number of nitrogens with zero attached hydrogens (tertiary/aromatic N) is 3. The van der Waals surface area contributed by atoms with Crippen molar-refractivity contribution in [2.24, 2.45) is 7.05 Å². The summed E-state index contributed by atoms with van der Waals surface area (Å²) in [5.41, 5.74) is 1.24. The molecule has 0 aliphatic carbocycles. The third kappa shape index (κ3) is 4.46. The smallest absolute Gasteiger partial charge is 0.262 e. The highest BCUT2D eigenvalue weighted by atomic mass is 32.2. The Morgan fingerprint density at radius 3 is 2.52 bits per heavy atom. The minimum atomic E-state index is -1.27. The molecule has 1 aromatic heterocycles. The standard InChI is InChI=1S/C20H30N4O4S/c1-13(22-29(26)20(2,3)4)15-11-14(27-6)12-16-17(15)21-19(23(5)18(16)25)24-7-9-28-10-8-24/h11-13,22H,7-10H2,1-6H3/t13-,29-/m1/s1. The highest BCUT2D eigenvalue weighted by Gasteiger charge is 2.25. The van der Waals surface area contributed by atoms with Crippen LogP contribution in [0.1, 0.15) is 39.3 Å². The van der Waals surface area contributed by atoms with Crippen molar-refractivity contribution in [1.82, 2.24) is 14.3 Å². The monoisotopic (exact) mass is 422 g/mol. The predicted molar refractivity (Wildman–Crippen MR) is 116 cm³/mol. The van der Waals surface area contributed by atoms with Crippen LogP contribution in [0.5, 0.6) is 5.75 Å². The van der Waals surface area contributed by atoms with Crippen molar-refractivity contribution in [2.75, 3.05) is 38.3 Å². The molecule has 8 nitrogen and oxygen atoms in total. The van der Waals surface area contributed by atoms with E-state index in [-0.39, 0.29) is 11.6 Å². The lowest BCUT2D eigenvalue weighted by Gasteiger charge is -2.29. The van der Waals surface area contributed by atoms with Gasteiger partial charge in [0.25, 0.3) is 5.56 Å². The van der Waals surface area contributed by atoms with Gasteiger partial charge in [0, 0.05) is 26.2 Å². The Morgan fingerprint density at radius 1 is 1.28 bits per heavy atom. The molecule has 1 N–H and O–H groups in total. The number of anilines is 1. The highest BCUT2D eigenvalue weighted by molar-refractivity contribution is 7.84. The number of rotatable bonds is 5. The van der Waals surface area contributed by atoms with Crippen LogP contribution in [0, 0.1) is 0 Å².